The molecule has 60 valence electrons. The smallest absolute Gasteiger partial charge is 0.351 e. The van der Waals surface area contributed by atoms with Gasteiger partial charge in [-0.1, -0.05) is 12.1 Å². The van der Waals surface area contributed by atoms with E-state index in [2.05, 4.69) is 11.6 Å². The molecule has 0 spiro atoms. The van der Waals surface area contributed by atoms with Crippen LogP contribution in [0.4, 0.5) is 8.78 Å². The monoisotopic (exact) mass is 178 g/mol. The van der Waals surface area contributed by atoms with E-state index in [1.54, 1.807) is 0 Å². The Morgan fingerprint density at radius 2 is 1.82 bits per heavy atom. The molecule has 0 saturated carbocycles. The zero-order valence-corrected chi connectivity index (χ0v) is 6.15. The maximum Gasteiger partial charge on any atom is 0.351 e. The molecule has 0 aromatic heterocycles. The van der Waals surface area contributed by atoms with Crippen molar-refractivity contribution in [3.63, 3.8) is 0 Å². The lowest BCUT2D eigenvalue weighted by Crippen LogP contribution is -2.02. The Hall–Kier alpha value is -0.830. The van der Waals surface area contributed by atoms with Crippen LogP contribution >= 0.6 is 11.6 Å². The molecule has 1 aromatic rings. The van der Waals surface area contributed by atoms with Gasteiger partial charge in [0.25, 0.3) is 0 Å². The molecule has 0 aliphatic heterocycles. The lowest BCUT2D eigenvalue weighted by atomic mass is 10.2. The van der Waals surface area contributed by atoms with Crippen LogP contribution in [0.5, 0.6) is 5.75 Å². The van der Waals surface area contributed by atoms with Gasteiger partial charge in [0.05, 0.1) is 5.56 Å². The highest BCUT2D eigenvalue weighted by Gasteiger charge is 2.30. The molecule has 0 atom stereocenters. The SMILES string of the molecule is Oc1ccccc1C(F)(F)Cl. The first kappa shape index (κ1) is 8.27. The second-order valence-corrected chi connectivity index (χ2v) is 2.49. The van der Waals surface area contributed by atoms with Gasteiger partial charge in [-0.2, -0.15) is 8.78 Å². The summed E-state index contributed by atoms with van der Waals surface area (Å²) in [5.74, 6) is -0.493. The van der Waals surface area contributed by atoms with Crippen LogP contribution in [0.2, 0.25) is 0 Å². The summed E-state index contributed by atoms with van der Waals surface area (Å²) >= 11 is 4.67. The highest BCUT2D eigenvalue weighted by molar-refractivity contribution is 6.22. The van der Waals surface area contributed by atoms with Crippen LogP contribution in [0, 0.1) is 0 Å². The fourth-order valence-corrected chi connectivity index (χ4v) is 0.873. The molecule has 0 aliphatic rings. The average Bonchev–Trinajstić information content (AvgIpc) is 1.86. The number of phenols is 1. The highest BCUT2D eigenvalue weighted by atomic mass is 35.5. The number of aromatic hydroxyl groups is 1. The van der Waals surface area contributed by atoms with Crippen molar-refractivity contribution >= 4 is 11.6 Å². The highest BCUT2D eigenvalue weighted by Crippen LogP contribution is 2.37. The summed E-state index contributed by atoms with van der Waals surface area (Å²) < 4.78 is 24.6. The van der Waals surface area contributed by atoms with Crippen molar-refractivity contribution in [1.82, 2.24) is 0 Å². The van der Waals surface area contributed by atoms with Gasteiger partial charge in [-0.05, 0) is 23.7 Å². The molecule has 1 N–H and O–H groups in total. The number of alkyl halides is 3. The van der Waals surface area contributed by atoms with Crippen molar-refractivity contribution in [1.29, 1.82) is 0 Å². The zero-order valence-electron chi connectivity index (χ0n) is 5.39. The summed E-state index contributed by atoms with van der Waals surface area (Å²) in [5.41, 5.74) is -0.568. The van der Waals surface area contributed by atoms with Gasteiger partial charge in [-0.3, -0.25) is 0 Å². The van der Waals surface area contributed by atoms with E-state index in [9.17, 15) is 8.78 Å². The summed E-state index contributed by atoms with van der Waals surface area (Å²) in [6, 6.07) is 5.06. The van der Waals surface area contributed by atoms with Gasteiger partial charge in [0, 0.05) is 0 Å². The molecule has 1 nitrogen and oxygen atoms in total. The fourth-order valence-electron chi connectivity index (χ4n) is 0.713. The summed E-state index contributed by atoms with van der Waals surface area (Å²) in [6.45, 7) is 0. The summed E-state index contributed by atoms with van der Waals surface area (Å²) in [7, 11) is 0. The Balaban J connectivity index is 3.14. The lowest BCUT2D eigenvalue weighted by Gasteiger charge is -2.08. The molecule has 0 radical (unpaired) electrons. The number of rotatable bonds is 1. The van der Waals surface area contributed by atoms with E-state index in [4.69, 9.17) is 5.11 Å². The van der Waals surface area contributed by atoms with Crippen molar-refractivity contribution in [2.75, 3.05) is 0 Å². The molecular formula is C7H5ClF2O. The topological polar surface area (TPSA) is 20.2 Å². The van der Waals surface area contributed by atoms with E-state index >= 15 is 0 Å². The molecule has 1 rings (SSSR count). The van der Waals surface area contributed by atoms with Crippen molar-refractivity contribution in [2.45, 2.75) is 5.38 Å². The molecule has 1 aromatic carbocycles. The maximum atomic E-state index is 12.3. The van der Waals surface area contributed by atoms with Crippen LogP contribution in [0.1, 0.15) is 5.56 Å². The standard InChI is InChI=1S/C7H5ClF2O/c8-7(9,10)5-3-1-2-4-6(5)11/h1-4,11H. The molecule has 0 aliphatic carbocycles. The molecule has 11 heavy (non-hydrogen) atoms. The largest absolute Gasteiger partial charge is 0.507 e. The molecule has 0 amide bonds. The fraction of sp³-hybridized carbons (Fsp3) is 0.143. The normalized spacial score (nSPS) is 11.5. The molecular weight excluding hydrogens is 174 g/mol. The molecule has 0 bridgehead atoms. The van der Waals surface area contributed by atoms with Crippen LogP contribution in [-0.2, 0) is 5.38 Å². The number of phenolic OH excluding ortho intramolecular Hbond substituents is 1. The van der Waals surface area contributed by atoms with E-state index in [-0.39, 0.29) is 0 Å². The molecule has 0 fully saturated rings. The summed E-state index contributed by atoms with van der Waals surface area (Å²) in [5, 5.41) is 5.39. The third-order valence-corrected chi connectivity index (χ3v) is 1.41. The van der Waals surface area contributed by atoms with Crippen molar-refractivity contribution in [3.8, 4) is 5.75 Å². The minimum atomic E-state index is -3.49. The second kappa shape index (κ2) is 2.66. The summed E-state index contributed by atoms with van der Waals surface area (Å²) in [4.78, 5) is 0. The number of halogens is 3. The van der Waals surface area contributed by atoms with Gasteiger partial charge in [0.2, 0.25) is 0 Å². The Kier molecular flexibility index (Phi) is 2.00. The van der Waals surface area contributed by atoms with Gasteiger partial charge >= 0.3 is 5.38 Å². The number of para-hydroxylation sites is 1. The molecule has 4 heteroatoms. The van der Waals surface area contributed by atoms with E-state index < -0.39 is 16.7 Å². The predicted octanol–water partition coefficient (Wildman–Crippen LogP) is 2.68. The minimum Gasteiger partial charge on any atom is -0.507 e. The Morgan fingerprint density at radius 1 is 1.27 bits per heavy atom. The van der Waals surface area contributed by atoms with Gasteiger partial charge in [0.1, 0.15) is 5.75 Å². The third-order valence-electron chi connectivity index (χ3n) is 1.21. The zero-order chi connectivity index (χ0) is 8.48. The molecule has 0 heterocycles. The van der Waals surface area contributed by atoms with E-state index in [1.165, 1.54) is 12.1 Å². The first-order chi connectivity index (χ1) is 5.02. The van der Waals surface area contributed by atoms with Gasteiger partial charge in [-0.25, -0.2) is 0 Å². The lowest BCUT2D eigenvalue weighted by molar-refractivity contribution is 0.0920. The van der Waals surface area contributed by atoms with Crippen LogP contribution < -0.4 is 0 Å². The second-order valence-electron chi connectivity index (χ2n) is 2.01. The predicted molar refractivity (Wildman–Crippen MR) is 37.9 cm³/mol. The van der Waals surface area contributed by atoms with E-state index in [0.29, 0.717) is 0 Å². The molecule has 0 saturated heterocycles. The maximum absolute atomic E-state index is 12.3. The van der Waals surface area contributed by atoms with Crippen molar-refractivity contribution < 1.29 is 13.9 Å². The van der Waals surface area contributed by atoms with E-state index in [0.717, 1.165) is 12.1 Å². The van der Waals surface area contributed by atoms with Crippen LogP contribution in [0.15, 0.2) is 24.3 Å². The van der Waals surface area contributed by atoms with E-state index in [1.807, 2.05) is 0 Å². The minimum absolute atomic E-state index is 0.493. The number of hydrogen-bond acceptors (Lipinski definition) is 1. The molecule has 0 unspecified atom stereocenters. The van der Waals surface area contributed by atoms with Crippen LogP contribution in [0.3, 0.4) is 0 Å². The van der Waals surface area contributed by atoms with Crippen molar-refractivity contribution in [3.05, 3.63) is 29.8 Å². The summed E-state index contributed by atoms with van der Waals surface area (Å²) in [6.07, 6.45) is 0. The van der Waals surface area contributed by atoms with Gasteiger partial charge in [0.15, 0.2) is 0 Å². The number of hydrogen-bond donors (Lipinski definition) is 1. The third kappa shape index (κ3) is 1.80. The van der Waals surface area contributed by atoms with Crippen LogP contribution in [-0.4, -0.2) is 5.11 Å². The Morgan fingerprint density at radius 3 is 2.18 bits per heavy atom. The van der Waals surface area contributed by atoms with Crippen molar-refractivity contribution in [2.24, 2.45) is 0 Å². The Labute approximate surface area is 67.2 Å². The van der Waals surface area contributed by atoms with Gasteiger partial charge < -0.3 is 5.11 Å². The average molecular weight is 179 g/mol. The first-order valence-corrected chi connectivity index (χ1v) is 3.25. The quantitative estimate of drug-likeness (QED) is 0.656. The number of benzene rings is 1. The first-order valence-electron chi connectivity index (χ1n) is 2.87. The van der Waals surface area contributed by atoms with Gasteiger partial charge in [-0.15, -0.1) is 0 Å². The van der Waals surface area contributed by atoms with Crippen LogP contribution in [0.25, 0.3) is 0 Å². The Bertz CT molecular complexity index is 257.